The number of nitrogens with zero attached hydrogens (tertiary/aromatic N) is 2. The second kappa shape index (κ2) is 6.19. The zero-order chi connectivity index (χ0) is 13.8. The van der Waals surface area contributed by atoms with E-state index in [1.165, 1.54) is 0 Å². The Balaban J connectivity index is 2.57. The fraction of sp³-hybridized carbons (Fsp3) is 0.231. The predicted molar refractivity (Wildman–Crippen MR) is 79.3 cm³/mol. The zero-order valence-electron chi connectivity index (χ0n) is 10.5. The molecule has 6 heteroatoms. The van der Waals surface area contributed by atoms with Gasteiger partial charge in [-0.15, -0.1) is 0 Å². The average molecular weight is 297 g/mol. The Kier molecular flexibility index (Phi) is 4.58. The molecule has 2 rings (SSSR count). The van der Waals surface area contributed by atoms with Crippen LogP contribution in [0.15, 0.2) is 24.3 Å². The van der Waals surface area contributed by atoms with Gasteiger partial charge >= 0.3 is 0 Å². The lowest BCUT2D eigenvalue weighted by Gasteiger charge is -2.09. The monoisotopic (exact) mass is 296 g/mol. The van der Waals surface area contributed by atoms with Crippen LogP contribution in [-0.4, -0.2) is 9.97 Å². The summed E-state index contributed by atoms with van der Waals surface area (Å²) >= 11 is 12.3. The minimum atomic E-state index is 0.481. The fourth-order valence-electron chi connectivity index (χ4n) is 1.78. The molecule has 0 aliphatic carbocycles. The normalized spacial score (nSPS) is 10.5. The number of aryl methyl sites for hydroxylation is 1. The Morgan fingerprint density at radius 2 is 1.89 bits per heavy atom. The maximum absolute atomic E-state index is 6.17. The van der Waals surface area contributed by atoms with Crippen molar-refractivity contribution < 1.29 is 0 Å². The summed E-state index contributed by atoms with van der Waals surface area (Å²) in [5.74, 6) is 6.46. The van der Waals surface area contributed by atoms with Crippen LogP contribution in [0.25, 0.3) is 11.4 Å². The molecular formula is C13H14Cl2N4. The Hall–Kier alpha value is -1.36. The number of aromatic nitrogens is 2. The van der Waals surface area contributed by atoms with Crippen molar-refractivity contribution in [1.29, 1.82) is 0 Å². The first-order valence-electron chi connectivity index (χ1n) is 5.94. The van der Waals surface area contributed by atoms with Gasteiger partial charge in [0.2, 0.25) is 0 Å². The molecule has 0 spiro atoms. The van der Waals surface area contributed by atoms with Gasteiger partial charge in [-0.25, -0.2) is 15.8 Å². The molecule has 0 saturated carbocycles. The van der Waals surface area contributed by atoms with Crippen molar-refractivity contribution in [2.75, 3.05) is 5.43 Å². The van der Waals surface area contributed by atoms with Crippen molar-refractivity contribution in [2.45, 2.75) is 19.8 Å². The van der Waals surface area contributed by atoms with Crippen LogP contribution < -0.4 is 11.3 Å². The van der Waals surface area contributed by atoms with Crippen molar-refractivity contribution in [3.05, 3.63) is 40.0 Å². The summed E-state index contributed by atoms with van der Waals surface area (Å²) in [5, 5.41) is 1.04. The summed E-state index contributed by atoms with van der Waals surface area (Å²) < 4.78 is 0. The Morgan fingerprint density at radius 3 is 2.47 bits per heavy atom. The molecule has 0 amide bonds. The summed E-state index contributed by atoms with van der Waals surface area (Å²) in [4.78, 5) is 8.80. The molecule has 3 N–H and O–H groups in total. The van der Waals surface area contributed by atoms with E-state index in [9.17, 15) is 0 Å². The number of nitrogens with one attached hydrogen (secondary N) is 1. The Morgan fingerprint density at radius 1 is 1.21 bits per heavy atom. The highest BCUT2D eigenvalue weighted by Gasteiger charge is 2.13. The lowest BCUT2D eigenvalue weighted by atomic mass is 10.2. The van der Waals surface area contributed by atoms with Gasteiger partial charge in [0.25, 0.3) is 0 Å². The number of hydrogen-bond donors (Lipinski definition) is 2. The van der Waals surface area contributed by atoms with Gasteiger partial charge in [-0.05, 0) is 18.6 Å². The second-order valence-electron chi connectivity index (χ2n) is 4.06. The molecule has 0 bridgehead atoms. The third-order valence-corrected chi connectivity index (χ3v) is 3.25. The third-order valence-electron chi connectivity index (χ3n) is 2.62. The van der Waals surface area contributed by atoms with E-state index < -0.39 is 0 Å². The Labute approximate surface area is 121 Å². The highest BCUT2D eigenvalue weighted by molar-refractivity contribution is 6.38. The second-order valence-corrected chi connectivity index (χ2v) is 4.87. The van der Waals surface area contributed by atoms with Crippen LogP contribution in [0.2, 0.25) is 10.0 Å². The smallest absolute Gasteiger partial charge is 0.164 e. The number of nitrogen functional groups attached to an aromatic ring is 1. The van der Waals surface area contributed by atoms with E-state index in [0.717, 1.165) is 18.5 Å². The van der Waals surface area contributed by atoms with Gasteiger partial charge < -0.3 is 5.43 Å². The van der Waals surface area contributed by atoms with Crippen LogP contribution in [0.1, 0.15) is 19.0 Å². The summed E-state index contributed by atoms with van der Waals surface area (Å²) in [6, 6.07) is 7.12. The van der Waals surface area contributed by atoms with E-state index in [-0.39, 0.29) is 0 Å². The van der Waals surface area contributed by atoms with Crippen LogP contribution >= 0.6 is 23.2 Å². The van der Waals surface area contributed by atoms with Gasteiger partial charge in [-0.2, -0.15) is 0 Å². The number of halogens is 2. The van der Waals surface area contributed by atoms with E-state index in [4.69, 9.17) is 29.0 Å². The lowest BCUT2D eigenvalue weighted by molar-refractivity contribution is 0.875. The summed E-state index contributed by atoms with van der Waals surface area (Å²) in [5.41, 5.74) is 4.06. The molecule has 0 unspecified atom stereocenters. The van der Waals surface area contributed by atoms with Crippen LogP contribution in [0.3, 0.4) is 0 Å². The maximum Gasteiger partial charge on any atom is 0.164 e. The lowest BCUT2D eigenvalue weighted by Crippen LogP contribution is -2.10. The number of benzene rings is 1. The minimum absolute atomic E-state index is 0.481. The quantitative estimate of drug-likeness (QED) is 0.667. The first-order chi connectivity index (χ1) is 9.15. The molecule has 0 saturated heterocycles. The van der Waals surface area contributed by atoms with Crippen molar-refractivity contribution in [3.63, 3.8) is 0 Å². The third kappa shape index (κ3) is 3.15. The molecule has 1 aromatic carbocycles. The SMILES string of the molecule is CCCc1cc(NN)nc(-c2c(Cl)cccc2Cl)n1. The number of nitrogens with two attached hydrogens (primary N) is 1. The molecule has 0 aliphatic rings. The highest BCUT2D eigenvalue weighted by Crippen LogP contribution is 2.33. The molecule has 1 heterocycles. The molecule has 0 fully saturated rings. The fourth-order valence-corrected chi connectivity index (χ4v) is 2.35. The number of hydrazine groups is 1. The van der Waals surface area contributed by atoms with E-state index >= 15 is 0 Å². The topological polar surface area (TPSA) is 63.8 Å². The first kappa shape index (κ1) is 14.1. The molecule has 0 aliphatic heterocycles. The van der Waals surface area contributed by atoms with Crippen molar-refractivity contribution >= 4 is 29.0 Å². The number of rotatable bonds is 4. The van der Waals surface area contributed by atoms with Gasteiger partial charge in [-0.3, -0.25) is 0 Å². The summed E-state index contributed by atoms with van der Waals surface area (Å²) in [7, 11) is 0. The number of anilines is 1. The van der Waals surface area contributed by atoms with Crippen LogP contribution in [0, 0.1) is 0 Å². The van der Waals surface area contributed by atoms with Gasteiger partial charge in [0.05, 0.1) is 15.6 Å². The molecule has 0 radical (unpaired) electrons. The van der Waals surface area contributed by atoms with Gasteiger partial charge in [0.15, 0.2) is 5.82 Å². The van der Waals surface area contributed by atoms with Crippen LogP contribution in [0.5, 0.6) is 0 Å². The number of hydrogen-bond acceptors (Lipinski definition) is 4. The Bertz CT molecular complexity index is 567. The molecule has 1 aromatic heterocycles. The van der Waals surface area contributed by atoms with Crippen molar-refractivity contribution in [2.24, 2.45) is 5.84 Å². The van der Waals surface area contributed by atoms with Gasteiger partial charge in [0.1, 0.15) is 5.82 Å². The maximum atomic E-state index is 6.17. The molecule has 0 atom stereocenters. The van der Waals surface area contributed by atoms with Crippen molar-refractivity contribution in [1.82, 2.24) is 9.97 Å². The van der Waals surface area contributed by atoms with Gasteiger partial charge in [-0.1, -0.05) is 42.6 Å². The van der Waals surface area contributed by atoms with E-state index in [1.807, 2.05) is 6.07 Å². The van der Waals surface area contributed by atoms with E-state index in [0.29, 0.717) is 27.3 Å². The van der Waals surface area contributed by atoms with Crippen molar-refractivity contribution in [3.8, 4) is 11.4 Å². The largest absolute Gasteiger partial charge is 0.308 e. The molecule has 19 heavy (non-hydrogen) atoms. The first-order valence-corrected chi connectivity index (χ1v) is 6.70. The van der Waals surface area contributed by atoms with E-state index in [2.05, 4.69) is 22.3 Å². The van der Waals surface area contributed by atoms with E-state index in [1.54, 1.807) is 18.2 Å². The molecular weight excluding hydrogens is 283 g/mol. The molecule has 100 valence electrons. The predicted octanol–water partition coefficient (Wildman–Crippen LogP) is 3.69. The average Bonchev–Trinajstić information content (AvgIpc) is 2.38. The minimum Gasteiger partial charge on any atom is -0.308 e. The van der Waals surface area contributed by atoms with Gasteiger partial charge in [0, 0.05) is 11.8 Å². The highest BCUT2D eigenvalue weighted by atomic mass is 35.5. The zero-order valence-corrected chi connectivity index (χ0v) is 12.0. The standard InChI is InChI=1S/C13H14Cl2N4/c1-2-4-8-7-11(19-16)18-13(17-8)12-9(14)5-3-6-10(12)15/h3,5-7H,2,4,16H2,1H3,(H,17,18,19). The van der Waals surface area contributed by atoms with Crippen LogP contribution in [-0.2, 0) is 6.42 Å². The molecule has 4 nitrogen and oxygen atoms in total. The summed E-state index contributed by atoms with van der Waals surface area (Å²) in [6.07, 6.45) is 1.82. The summed E-state index contributed by atoms with van der Waals surface area (Å²) in [6.45, 7) is 2.08. The van der Waals surface area contributed by atoms with Crippen LogP contribution in [0.4, 0.5) is 5.82 Å². The molecule has 2 aromatic rings.